The van der Waals surface area contributed by atoms with Crippen LogP contribution in [0.25, 0.3) is 0 Å². The summed E-state index contributed by atoms with van der Waals surface area (Å²) >= 11 is 6.16. The SMILES string of the molecule is CCOc1ccc(N(CC(=O)Nc2cc(Cl)ccc2Oc2ccccc2)S(=O)(=O)c2ccc(F)cc2)cc1. The van der Waals surface area contributed by atoms with Crippen LogP contribution in [0.1, 0.15) is 6.92 Å². The van der Waals surface area contributed by atoms with Crippen LogP contribution >= 0.6 is 11.6 Å². The quantitative estimate of drug-likeness (QED) is 0.242. The third-order valence-electron chi connectivity index (χ3n) is 5.31. The third kappa shape index (κ3) is 6.62. The minimum absolute atomic E-state index is 0.170. The molecule has 0 saturated heterocycles. The van der Waals surface area contributed by atoms with Gasteiger partial charge in [0.15, 0.2) is 5.75 Å². The molecule has 4 aromatic carbocycles. The van der Waals surface area contributed by atoms with Crippen molar-refractivity contribution in [3.8, 4) is 17.2 Å². The lowest BCUT2D eigenvalue weighted by molar-refractivity contribution is -0.114. The van der Waals surface area contributed by atoms with E-state index in [1.54, 1.807) is 48.5 Å². The standard InChI is InChI=1S/C28H24ClFN2O5S/c1-2-36-23-13-11-22(12-14-23)32(38(34,35)25-15-9-21(30)10-16-25)19-28(33)31-26-18-20(29)8-17-27(26)37-24-6-4-3-5-7-24/h3-18H,2,19H2,1H3,(H,31,33). The molecule has 0 saturated carbocycles. The number of ether oxygens (including phenoxy) is 2. The van der Waals surface area contributed by atoms with E-state index in [2.05, 4.69) is 5.32 Å². The number of carbonyl (C=O) groups excluding carboxylic acids is 1. The number of rotatable bonds is 10. The van der Waals surface area contributed by atoms with Gasteiger partial charge in [-0.15, -0.1) is 0 Å². The topological polar surface area (TPSA) is 84.9 Å². The molecule has 0 radical (unpaired) electrons. The number of sulfonamides is 1. The van der Waals surface area contributed by atoms with Gasteiger partial charge < -0.3 is 14.8 Å². The monoisotopic (exact) mass is 554 g/mol. The van der Waals surface area contributed by atoms with Crippen molar-refractivity contribution in [2.24, 2.45) is 0 Å². The minimum Gasteiger partial charge on any atom is -0.494 e. The van der Waals surface area contributed by atoms with E-state index in [1.807, 2.05) is 13.0 Å². The van der Waals surface area contributed by atoms with Crippen LogP contribution in [0, 0.1) is 5.82 Å². The molecular formula is C28H24ClFN2O5S. The zero-order chi connectivity index (χ0) is 27.1. The van der Waals surface area contributed by atoms with Gasteiger partial charge in [0.1, 0.15) is 23.9 Å². The summed E-state index contributed by atoms with van der Waals surface area (Å²) in [4.78, 5) is 13.0. The Morgan fingerprint density at radius 1 is 0.921 bits per heavy atom. The molecule has 0 aliphatic carbocycles. The molecule has 0 spiro atoms. The Balaban J connectivity index is 1.64. The Morgan fingerprint density at radius 2 is 1.61 bits per heavy atom. The van der Waals surface area contributed by atoms with E-state index >= 15 is 0 Å². The van der Waals surface area contributed by atoms with Gasteiger partial charge in [0.25, 0.3) is 10.0 Å². The Labute approximate surface area is 225 Å². The molecule has 0 heterocycles. The summed E-state index contributed by atoms with van der Waals surface area (Å²) < 4.78 is 52.9. The summed E-state index contributed by atoms with van der Waals surface area (Å²) in [5, 5.41) is 3.05. The highest BCUT2D eigenvalue weighted by Crippen LogP contribution is 2.32. The zero-order valence-corrected chi connectivity index (χ0v) is 21.9. The Morgan fingerprint density at radius 3 is 2.26 bits per heavy atom. The second-order valence-corrected chi connectivity index (χ2v) is 10.3. The normalized spacial score (nSPS) is 11.0. The fraction of sp³-hybridized carbons (Fsp3) is 0.107. The number of para-hydroxylation sites is 1. The predicted octanol–water partition coefficient (Wildman–Crippen LogP) is 6.50. The number of hydrogen-bond acceptors (Lipinski definition) is 5. The van der Waals surface area contributed by atoms with Crippen LogP contribution in [-0.2, 0) is 14.8 Å². The number of carbonyl (C=O) groups is 1. The molecule has 0 aromatic heterocycles. The molecule has 4 aromatic rings. The summed E-state index contributed by atoms with van der Waals surface area (Å²) in [5.41, 5.74) is 0.483. The fourth-order valence-electron chi connectivity index (χ4n) is 3.55. The highest BCUT2D eigenvalue weighted by Gasteiger charge is 2.28. The molecule has 0 aliphatic heterocycles. The minimum atomic E-state index is -4.24. The molecular weight excluding hydrogens is 531 g/mol. The van der Waals surface area contributed by atoms with Crippen LogP contribution < -0.4 is 19.1 Å². The van der Waals surface area contributed by atoms with E-state index in [0.29, 0.717) is 28.9 Å². The van der Waals surface area contributed by atoms with Crippen molar-refractivity contribution in [3.63, 3.8) is 0 Å². The third-order valence-corrected chi connectivity index (χ3v) is 7.33. The van der Waals surface area contributed by atoms with Gasteiger partial charge in [0, 0.05) is 5.02 Å². The van der Waals surface area contributed by atoms with E-state index in [1.165, 1.54) is 18.2 Å². The molecule has 0 aliphatic rings. The fourth-order valence-corrected chi connectivity index (χ4v) is 5.14. The largest absolute Gasteiger partial charge is 0.494 e. The number of nitrogens with one attached hydrogen (secondary N) is 1. The van der Waals surface area contributed by atoms with Gasteiger partial charge in [-0.1, -0.05) is 29.8 Å². The van der Waals surface area contributed by atoms with Crippen molar-refractivity contribution < 1.29 is 27.1 Å². The maximum absolute atomic E-state index is 13.6. The molecule has 0 bridgehead atoms. The summed E-state index contributed by atoms with van der Waals surface area (Å²) in [6, 6.07) is 24.3. The van der Waals surface area contributed by atoms with Crippen molar-refractivity contribution in [3.05, 3.63) is 108 Å². The predicted molar refractivity (Wildman–Crippen MR) is 145 cm³/mol. The Bertz CT molecular complexity index is 1500. The van der Waals surface area contributed by atoms with Crippen molar-refractivity contribution in [2.75, 3.05) is 22.8 Å². The summed E-state index contributed by atoms with van der Waals surface area (Å²) in [6.45, 7) is 1.69. The van der Waals surface area contributed by atoms with Crippen molar-refractivity contribution in [1.82, 2.24) is 0 Å². The Hall–Kier alpha value is -4.08. The molecule has 38 heavy (non-hydrogen) atoms. The molecule has 0 unspecified atom stereocenters. The summed E-state index contributed by atoms with van der Waals surface area (Å²) in [6.07, 6.45) is 0. The van der Waals surface area contributed by atoms with E-state index < -0.39 is 28.3 Å². The van der Waals surface area contributed by atoms with Crippen molar-refractivity contribution >= 4 is 38.9 Å². The molecule has 1 amide bonds. The van der Waals surface area contributed by atoms with Gasteiger partial charge in [-0.05, 0) is 85.8 Å². The van der Waals surface area contributed by atoms with Crippen molar-refractivity contribution in [2.45, 2.75) is 11.8 Å². The lowest BCUT2D eigenvalue weighted by Gasteiger charge is -2.24. The number of halogens is 2. The molecule has 7 nitrogen and oxygen atoms in total. The van der Waals surface area contributed by atoms with E-state index in [9.17, 15) is 17.6 Å². The first-order valence-corrected chi connectivity index (χ1v) is 13.4. The maximum Gasteiger partial charge on any atom is 0.264 e. The summed E-state index contributed by atoms with van der Waals surface area (Å²) in [5.74, 6) is 0.176. The Kier molecular flexibility index (Phi) is 8.50. The van der Waals surface area contributed by atoms with Gasteiger partial charge in [-0.2, -0.15) is 0 Å². The van der Waals surface area contributed by atoms with Crippen LogP contribution in [-0.4, -0.2) is 27.5 Å². The lowest BCUT2D eigenvalue weighted by atomic mass is 10.2. The van der Waals surface area contributed by atoms with Gasteiger partial charge in [0.2, 0.25) is 5.91 Å². The van der Waals surface area contributed by atoms with Crippen molar-refractivity contribution in [1.29, 1.82) is 0 Å². The molecule has 0 fully saturated rings. The van der Waals surface area contributed by atoms with Gasteiger partial charge in [0.05, 0.1) is 22.9 Å². The average Bonchev–Trinajstić information content (AvgIpc) is 2.90. The first-order chi connectivity index (χ1) is 18.3. The smallest absolute Gasteiger partial charge is 0.264 e. The number of hydrogen-bond donors (Lipinski definition) is 1. The van der Waals surface area contributed by atoms with Crippen LogP contribution in [0.4, 0.5) is 15.8 Å². The summed E-state index contributed by atoms with van der Waals surface area (Å²) in [7, 11) is -4.24. The molecule has 10 heteroatoms. The van der Waals surface area contributed by atoms with E-state index in [4.69, 9.17) is 21.1 Å². The van der Waals surface area contributed by atoms with E-state index in [-0.39, 0.29) is 16.3 Å². The van der Waals surface area contributed by atoms with Gasteiger partial charge in [-0.25, -0.2) is 12.8 Å². The van der Waals surface area contributed by atoms with E-state index in [0.717, 1.165) is 28.6 Å². The number of nitrogens with zero attached hydrogens (tertiary/aromatic N) is 1. The van der Waals surface area contributed by atoms with Gasteiger partial charge in [-0.3, -0.25) is 9.10 Å². The van der Waals surface area contributed by atoms with Gasteiger partial charge >= 0.3 is 0 Å². The molecule has 4 rings (SSSR count). The second-order valence-electron chi connectivity index (χ2n) is 8.00. The number of amides is 1. The van der Waals surface area contributed by atoms with Crippen LogP contribution in [0.5, 0.6) is 17.2 Å². The van der Waals surface area contributed by atoms with Crippen LogP contribution in [0.3, 0.4) is 0 Å². The molecule has 1 N–H and O–H groups in total. The molecule has 0 atom stereocenters. The zero-order valence-electron chi connectivity index (χ0n) is 20.3. The van der Waals surface area contributed by atoms with Crippen LogP contribution in [0.2, 0.25) is 5.02 Å². The highest BCUT2D eigenvalue weighted by atomic mass is 35.5. The maximum atomic E-state index is 13.6. The number of anilines is 2. The number of benzene rings is 4. The first-order valence-electron chi connectivity index (χ1n) is 11.6. The van der Waals surface area contributed by atoms with Crippen LogP contribution in [0.15, 0.2) is 102 Å². The lowest BCUT2D eigenvalue weighted by Crippen LogP contribution is -2.38. The molecule has 196 valence electrons. The second kappa shape index (κ2) is 12.0. The first kappa shape index (κ1) is 27.0. The highest BCUT2D eigenvalue weighted by molar-refractivity contribution is 7.92. The average molecular weight is 555 g/mol.